The van der Waals surface area contributed by atoms with E-state index in [0.717, 1.165) is 49.6 Å². The summed E-state index contributed by atoms with van der Waals surface area (Å²) in [5.41, 5.74) is 2.25. The molecule has 0 aromatic heterocycles. The van der Waals surface area contributed by atoms with E-state index in [9.17, 15) is 5.11 Å². The largest absolute Gasteiger partial charge is 0.507 e. The summed E-state index contributed by atoms with van der Waals surface area (Å²) in [6.07, 6.45) is 4.87. The summed E-state index contributed by atoms with van der Waals surface area (Å²) in [7, 11) is 0. The number of nitrogens with zero attached hydrogens (tertiary/aromatic N) is 1. The van der Waals surface area contributed by atoms with E-state index in [2.05, 4.69) is 35.3 Å². The van der Waals surface area contributed by atoms with Crippen LogP contribution < -0.4 is 5.32 Å². The Balaban J connectivity index is 1.92. The molecule has 2 fully saturated rings. The van der Waals surface area contributed by atoms with Gasteiger partial charge in [0.2, 0.25) is 0 Å². The second-order valence-electron chi connectivity index (χ2n) is 6.13. The highest BCUT2D eigenvalue weighted by atomic mass is 16.3. The van der Waals surface area contributed by atoms with E-state index in [4.69, 9.17) is 0 Å². The van der Waals surface area contributed by atoms with Gasteiger partial charge in [0.25, 0.3) is 0 Å². The molecule has 0 amide bonds. The van der Waals surface area contributed by atoms with Gasteiger partial charge in [-0.25, -0.2) is 0 Å². The lowest BCUT2D eigenvalue weighted by Gasteiger charge is -2.43. The summed E-state index contributed by atoms with van der Waals surface area (Å²) in [6, 6.07) is 6.72. The van der Waals surface area contributed by atoms with Crippen molar-refractivity contribution in [1.82, 2.24) is 10.2 Å². The topological polar surface area (TPSA) is 35.5 Å². The molecule has 3 rings (SSSR count). The molecular formula is C17H26N2O. The zero-order valence-electron chi connectivity index (χ0n) is 12.4. The van der Waals surface area contributed by atoms with Crippen molar-refractivity contribution in [1.29, 1.82) is 0 Å². The average molecular weight is 274 g/mol. The van der Waals surface area contributed by atoms with E-state index in [-0.39, 0.29) is 0 Å². The highest BCUT2D eigenvalue weighted by molar-refractivity contribution is 5.42. The Hall–Kier alpha value is -1.06. The van der Waals surface area contributed by atoms with Crippen LogP contribution in [0.2, 0.25) is 0 Å². The molecule has 1 atom stereocenters. The Kier molecular flexibility index (Phi) is 4.27. The molecule has 3 heteroatoms. The predicted octanol–water partition coefficient (Wildman–Crippen LogP) is 2.70. The van der Waals surface area contributed by atoms with Gasteiger partial charge in [-0.1, -0.05) is 31.5 Å². The molecule has 0 unspecified atom stereocenters. The van der Waals surface area contributed by atoms with Crippen molar-refractivity contribution in [3.63, 3.8) is 0 Å². The molecule has 1 aliphatic heterocycles. The van der Waals surface area contributed by atoms with Crippen LogP contribution in [0.4, 0.5) is 0 Å². The Morgan fingerprint density at radius 3 is 2.65 bits per heavy atom. The first-order chi connectivity index (χ1) is 9.81. The minimum atomic E-state index is 0.414. The van der Waals surface area contributed by atoms with Gasteiger partial charge in [0.1, 0.15) is 5.75 Å². The van der Waals surface area contributed by atoms with Gasteiger partial charge in [-0.2, -0.15) is 0 Å². The van der Waals surface area contributed by atoms with Crippen LogP contribution in [0.25, 0.3) is 0 Å². The Morgan fingerprint density at radius 1 is 1.30 bits per heavy atom. The zero-order chi connectivity index (χ0) is 13.9. The number of piperazine rings is 1. The normalized spacial score (nSPS) is 22.4. The number of para-hydroxylation sites is 1. The van der Waals surface area contributed by atoms with Gasteiger partial charge >= 0.3 is 0 Å². The van der Waals surface area contributed by atoms with E-state index < -0.39 is 0 Å². The summed E-state index contributed by atoms with van der Waals surface area (Å²) in [5.74, 6) is 1.27. The molecule has 110 valence electrons. The van der Waals surface area contributed by atoms with Gasteiger partial charge in [0, 0.05) is 37.8 Å². The monoisotopic (exact) mass is 274 g/mol. The number of aromatic hydroxyl groups is 1. The molecule has 0 radical (unpaired) electrons. The van der Waals surface area contributed by atoms with Gasteiger partial charge in [-0.3, -0.25) is 4.90 Å². The first kappa shape index (κ1) is 13.9. The first-order valence-corrected chi connectivity index (χ1v) is 8.06. The molecule has 3 nitrogen and oxygen atoms in total. The second-order valence-corrected chi connectivity index (χ2v) is 6.13. The van der Waals surface area contributed by atoms with E-state index in [0.29, 0.717) is 11.8 Å². The van der Waals surface area contributed by atoms with Gasteiger partial charge in [0.05, 0.1) is 0 Å². The van der Waals surface area contributed by atoms with Crippen molar-refractivity contribution in [2.75, 3.05) is 26.2 Å². The number of rotatable bonds is 4. The highest BCUT2D eigenvalue weighted by Gasteiger charge is 2.35. The fraction of sp³-hybridized carbons (Fsp3) is 0.647. The zero-order valence-corrected chi connectivity index (χ0v) is 12.4. The number of phenolic OH excluding ortho intramolecular Hbond substituents is 1. The Morgan fingerprint density at radius 2 is 2.05 bits per heavy atom. The molecule has 0 spiro atoms. The maximum absolute atomic E-state index is 10.6. The van der Waals surface area contributed by atoms with Crippen molar-refractivity contribution in [2.24, 2.45) is 5.92 Å². The smallest absolute Gasteiger partial charge is 0.123 e. The second kappa shape index (κ2) is 6.15. The minimum Gasteiger partial charge on any atom is -0.507 e. The first-order valence-electron chi connectivity index (χ1n) is 8.06. The number of aryl methyl sites for hydroxylation is 1. The van der Waals surface area contributed by atoms with E-state index in [1.165, 1.54) is 19.3 Å². The molecular weight excluding hydrogens is 248 g/mol. The summed E-state index contributed by atoms with van der Waals surface area (Å²) >= 11 is 0. The van der Waals surface area contributed by atoms with Crippen molar-refractivity contribution in [3.05, 3.63) is 29.3 Å². The van der Waals surface area contributed by atoms with Crippen LogP contribution in [0.15, 0.2) is 18.2 Å². The lowest BCUT2D eigenvalue weighted by atomic mass is 9.75. The Bertz CT molecular complexity index is 450. The maximum Gasteiger partial charge on any atom is 0.123 e. The minimum absolute atomic E-state index is 0.414. The number of hydrogen-bond donors (Lipinski definition) is 2. The molecule has 1 aromatic rings. The number of phenols is 1. The lowest BCUT2D eigenvalue weighted by molar-refractivity contribution is 0.0818. The molecule has 20 heavy (non-hydrogen) atoms. The van der Waals surface area contributed by atoms with Crippen LogP contribution >= 0.6 is 0 Å². The van der Waals surface area contributed by atoms with E-state index >= 15 is 0 Å². The van der Waals surface area contributed by atoms with E-state index in [1.807, 2.05) is 0 Å². The van der Waals surface area contributed by atoms with Gasteiger partial charge in [-0.15, -0.1) is 0 Å². The summed E-state index contributed by atoms with van der Waals surface area (Å²) < 4.78 is 0. The lowest BCUT2D eigenvalue weighted by Crippen LogP contribution is -2.47. The molecule has 1 saturated heterocycles. The van der Waals surface area contributed by atoms with Gasteiger partial charge < -0.3 is 10.4 Å². The quantitative estimate of drug-likeness (QED) is 0.886. The van der Waals surface area contributed by atoms with Crippen molar-refractivity contribution in [3.8, 4) is 5.75 Å². The SMILES string of the molecule is CCc1cccc([C@H](C2CCC2)N2CCNCC2)c1O. The predicted molar refractivity (Wildman–Crippen MR) is 82.0 cm³/mol. The number of hydrogen-bond acceptors (Lipinski definition) is 3. The van der Waals surface area contributed by atoms with Crippen LogP contribution in [0.5, 0.6) is 5.75 Å². The summed E-state index contributed by atoms with van der Waals surface area (Å²) in [4.78, 5) is 2.58. The molecule has 1 aromatic carbocycles. The van der Waals surface area contributed by atoms with Crippen LogP contribution in [0.1, 0.15) is 43.4 Å². The third kappa shape index (κ3) is 2.57. The summed E-state index contributed by atoms with van der Waals surface area (Å²) in [6.45, 7) is 6.44. The number of nitrogens with one attached hydrogen (secondary N) is 1. The van der Waals surface area contributed by atoms with Crippen LogP contribution in [0.3, 0.4) is 0 Å². The molecule has 1 heterocycles. The fourth-order valence-electron chi connectivity index (χ4n) is 3.60. The molecule has 1 saturated carbocycles. The highest BCUT2D eigenvalue weighted by Crippen LogP contribution is 2.44. The third-order valence-corrected chi connectivity index (χ3v) is 4.99. The average Bonchev–Trinajstić information content (AvgIpc) is 2.44. The van der Waals surface area contributed by atoms with Crippen LogP contribution in [-0.4, -0.2) is 36.2 Å². The van der Waals surface area contributed by atoms with Crippen molar-refractivity contribution in [2.45, 2.75) is 38.6 Å². The van der Waals surface area contributed by atoms with E-state index in [1.54, 1.807) is 0 Å². The summed E-state index contributed by atoms with van der Waals surface area (Å²) in [5, 5.41) is 14.0. The Labute approximate surface area is 122 Å². The van der Waals surface area contributed by atoms with Crippen molar-refractivity contribution >= 4 is 0 Å². The fourth-order valence-corrected chi connectivity index (χ4v) is 3.60. The van der Waals surface area contributed by atoms with Crippen LogP contribution in [0, 0.1) is 5.92 Å². The molecule has 0 bridgehead atoms. The standard InChI is InChI=1S/C17H26N2O/c1-2-13-5-4-8-15(17(13)20)16(14-6-3-7-14)19-11-9-18-10-12-19/h4-5,8,14,16,18,20H,2-3,6-7,9-12H2,1H3/t16-/m0/s1. The van der Waals surface area contributed by atoms with Crippen molar-refractivity contribution < 1.29 is 5.11 Å². The van der Waals surface area contributed by atoms with Crippen LogP contribution in [-0.2, 0) is 6.42 Å². The molecule has 1 aliphatic carbocycles. The van der Waals surface area contributed by atoms with Gasteiger partial charge in [-0.05, 0) is 30.7 Å². The molecule has 2 N–H and O–H groups in total. The van der Waals surface area contributed by atoms with Gasteiger partial charge in [0.15, 0.2) is 0 Å². The third-order valence-electron chi connectivity index (χ3n) is 4.99. The molecule has 2 aliphatic rings. The maximum atomic E-state index is 10.6. The number of benzene rings is 1.